The van der Waals surface area contributed by atoms with Crippen LogP contribution in [0.3, 0.4) is 0 Å². The van der Waals surface area contributed by atoms with E-state index in [0.717, 1.165) is 11.3 Å². The van der Waals surface area contributed by atoms with Gasteiger partial charge in [0.25, 0.3) is 5.91 Å². The molecule has 1 unspecified atom stereocenters. The van der Waals surface area contributed by atoms with Crippen molar-refractivity contribution in [3.05, 3.63) is 47.3 Å². The SMILES string of the molecule is Cc1ccccc1OCC(O)C(=O)N1CCn2nc(CCC(=O)O)cc2C1. The maximum atomic E-state index is 12.5. The van der Waals surface area contributed by atoms with E-state index in [0.29, 0.717) is 37.5 Å². The summed E-state index contributed by atoms with van der Waals surface area (Å²) in [7, 11) is 0. The van der Waals surface area contributed by atoms with Gasteiger partial charge in [-0.05, 0) is 24.6 Å². The lowest BCUT2D eigenvalue weighted by Crippen LogP contribution is -2.45. The van der Waals surface area contributed by atoms with Gasteiger partial charge < -0.3 is 19.8 Å². The van der Waals surface area contributed by atoms with Gasteiger partial charge in [0.05, 0.1) is 30.9 Å². The van der Waals surface area contributed by atoms with Crippen LogP contribution >= 0.6 is 0 Å². The molecule has 1 aliphatic rings. The zero-order valence-electron chi connectivity index (χ0n) is 15.2. The molecule has 144 valence electrons. The van der Waals surface area contributed by atoms with Crippen molar-refractivity contribution in [3.8, 4) is 5.75 Å². The number of carbonyl (C=O) groups excluding carboxylic acids is 1. The number of nitrogens with zero attached hydrogens (tertiary/aromatic N) is 3. The van der Waals surface area contributed by atoms with Crippen molar-refractivity contribution in [2.24, 2.45) is 0 Å². The van der Waals surface area contributed by atoms with Gasteiger partial charge in [0.1, 0.15) is 12.4 Å². The average Bonchev–Trinajstić information content (AvgIpc) is 3.07. The van der Waals surface area contributed by atoms with E-state index in [2.05, 4.69) is 5.10 Å². The highest BCUT2D eigenvalue weighted by molar-refractivity contribution is 5.81. The fourth-order valence-electron chi connectivity index (χ4n) is 3.04. The average molecular weight is 373 g/mol. The van der Waals surface area contributed by atoms with Crippen LogP contribution in [0.5, 0.6) is 5.75 Å². The van der Waals surface area contributed by atoms with Gasteiger partial charge in [-0.1, -0.05) is 18.2 Å². The predicted molar refractivity (Wildman–Crippen MR) is 96.3 cm³/mol. The summed E-state index contributed by atoms with van der Waals surface area (Å²) in [4.78, 5) is 24.8. The van der Waals surface area contributed by atoms with E-state index in [1.165, 1.54) is 0 Å². The third-order valence-corrected chi connectivity index (χ3v) is 4.53. The number of carbonyl (C=O) groups is 2. The molecule has 1 aromatic heterocycles. The van der Waals surface area contributed by atoms with Crippen molar-refractivity contribution in [3.63, 3.8) is 0 Å². The van der Waals surface area contributed by atoms with Crippen LogP contribution in [0.2, 0.25) is 0 Å². The number of para-hydroxylation sites is 1. The molecule has 0 radical (unpaired) electrons. The number of carboxylic acid groups (broad SMARTS) is 1. The summed E-state index contributed by atoms with van der Waals surface area (Å²) in [5.74, 6) is -0.609. The molecule has 0 bridgehead atoms. The zero-order chi connectivity index (χ0) is 19.4. The minimum Gasteiger partial charge on any atom is -0.490 e. The molecule has 1 aliphatic heterocycles. The number of aliphatic hydroxyl groups excluding tert-OH is 1. The smallest absolute Gasteiger partial charge is 0.303 e. The van der Waals surface area contributed by atoms with Crippen LogP contribution in [0.15, 0.2) is 30.3 Å². The predicted octanol–water partition coefficient (Wildman–Crippen LogP) is 0.991. The molecule has 0 saturated heterocycles. The second-order valence-electron chi connectivity index (χ2n) is 6.60. The van der Waals surface area contributed by atoms with Gasteiger partial charge in [0.2, 0.25) is 0 Å². The Balaban J connectivity index is 1.56. The highest BCUT2D eigenvalue weighted by Crippen LogP contribution is 2.18. The molecule has 1 aromatic carbocycles. The lowest BCUT2D eigenvalue weighted by atomic mass is 10.2. The molecule has 0 fully saturated rings. The second-order valence-corrected chi connectivity index (χ2v) is 6.60. The van der Waals surface area contributed by atoms with Crippen molar-refractivity contribution < 1.29 is 24.5 Å². The third kappa shape index (κ3) is 4.65. The summed E-state index contributed by atoms with van der Waals surface area (Å²) in [5, 5.41) is 23.4. The van der Waals surface area contributed by atoms with Crippen LogP contribution in [-0.4, -0.2) is 56.0 Å². The van der Waals surface area contributed by atoms with Crippen LogP contribution in [0.1, 0.15) is 23.4 Å². The maximum absolute atomic E-state index is 12.5. The Labute approximate surface area is 157 Å². The van der Waals surface area contributed by atoms with Gasteiger partial charge >= 0.3 is 5.97 Å². The molecule has 8 nitrogen and oxygen atoms in total. The van der Waals surface area contributed by atoms with E-state index in [9.17, 15) is 14.7 Å². The fraction of sp³-hybridized carbons (Fsp3) is 0.421. The van der Waals surface area contributed by atoms with Crippen molar-refractivity contribution >= 4 is 11.9 Å². The van der Waals surface area contributed by atoms with E-state index < -0.39 is 12.1 Å². The lowest BCUT2D eigenvalue weighted by molar-refractivity contribution is -0.143. The van der Waals surface area contributed by atoms with E-state index in [1.807, 2.05) is 31.2 Å². The first kappa shape index (κ1) is 18.9. The number of aryl methyl sites for hydroxylation is 2. The summed E-state index contributed by atoms with van der Waals surface area (Å²) < 4.78 is 7.36. The fourth-order valence-corrected chi connectivity index (χ4v) is 3.04. The topological polar surface area (TPSA) is 105 Å². The number of aliphatic carboxylic acids is 1. The molecular weight excluding hydrogens is 350 g/mol. The van der Waals surface area contributed by atoms with Crippen molar-refractivity contribution in [1.29, 1.82) is 0 Å². The van der Waals surface area contributed by atoms with Gasteiger partial charge in [-0.3, -0.25) is 14.3 Å². The quantitative estimate of drug-likeness (QED) is 0.750. The van der Waals surface area contributed by atoms with Gasteiger partial charge in [0, 0.05) is 13.0 Å². The number of rotatable bonds is 7. The Morgan fingerprint density at radius 3 is 2.81 bits per heavy atom. The Morgan fingerprint density at radius 2 is 2.07 bits per heavy atom. The van der Waals surface area contributed by atoms with Crippen LogP contribution in [-0.2, 0) is 29.1 Å². The molecule has 1 amide bonds. The number of amides is 1. The molecule has 2 N–H and O–H groups in total. The van der Waals surface area contributed by atoms with Gasteiger partial charge in [0.15, 0.2) is 6.10 Å². The van der Waals surface area contributed by atoms with E-state index >= 15 is 0 Å². The number of aliphatic hydroxyl groups is 1. The minimum absolute atomic E-state index is 0.0219. The lowest BCUT2D eigenvalue weighted by Gasteiger charge is -2.29. The summed E-state index contributed by atoms with van der Waals surface area (Å²) >= 11 is 0. The largest absolute Gasteiger partial charge is 0.490 e. The van der Waals surface area contributed by atoms with Gasteiger partial charge in [-0.25, -0.2) is 0 Å². The molecule has 0 aliphatic carbocycles. The van der Waals surface area contributed by atoms with Gasteiger partial charge in [-0.2, -0.15) is 5.10 Å². The molecule has 3 rings (SSSR count). The molecule has 8 heteroatoms. The second kappa shape index (κ2) is 8.22. The molecule has 27 heavy (non-hydrogen) atoms. The number of benzene rings is 1. The van der Waals surface area contributed by atoms with Crippen molar-refractivity contribution in [2.75, 3.05) is 13.2 Å². The summed E-state index contributed by atoms with van der Waals surface area (Å²) in [6.45, 7) is 3.08. The maximum Gasteiger partial charge on any atom is 0.303 e. The van der Waals surface area contributed by atoms with E-state index in [4.69, 9.17) is 9.84 Å². The van der Waals surface area contributed by atoms with Crippen molar-refractivity contribution in [2.45, 2.75) is 39.0 Å². The Hall–Kier alpha value is -2.87. The van der Waals surface area contributed by atoms with Crippen LogP contribution in [0, 0.1) is 6.92 Å². The molecule has 0 saturated carbocycles. The number of hydrogen-bond acceptors (Lipinski definition) is 5. The molecule has 2 heterocycles. The van der Waals surface area contributed by atoms with Crippen LogP contribution in [0.4, 0.5) is 0 Å². The third-order valence-electron chi connectivity index (χ3n) is 4.53. The number of hydrogen-bond donors (Lipinski definition) is 2. The highest BCUT2D eigenvalue weighted by Gasteiger charge is 2.27. The Morgan fingerprint density at radius 1 is 1.30 bits per heavy atom. The first-order chi connectivity index (χ1) is 12.9. The van der Waals surface area contributed by atoms with Crippen LogP contribution in [0.25, 0.3) is 0 Å². The Kier molecular flexibility index (Phi) is 5.75. The van der Waals surface area contributed by atoms with Crippen molar-refractivity contribution in [1.82, 2.24) is 14.7 Å². The summed E-state index contributed by atoms with van der Waals surface area (Å²) in [6.07, 6.45) is -0.866. The standard InChI is InChI=1S/C19H23N3O5/c1-13-4-2-3-5-17(13)27-12-16(23)19(26)21-8-9-22-15(11-21)10-14(20-22)6-7-18(24)25/h2-5,10,16,23H,6-9,11-12H2,1H3,(H,24,25). The zero-order valence-corrected chi connectivity index (χ0v) is 15.2. The minimum atomic E-state index is -1.24. The number of fused-ring (bicyclic) bond motifs is 1. The van der Waals surface area contributed by atoms with Crippen LogP contribution < -0.4 is 4.74 Å². The number of ether oxygens (including phenoxy) is 1. The van der Waals surface area contributed by atoms with E-state index in [1.54, 1.807) is 15.6 Å². The molecule has 1 atom stereocenters. The molecule has 0 spiro atoms. The Bertz CT molecular complexity index is 833. The summed E-state index contributed by atoms with van der Waals surface area (Å²) in [5.41, 5.74) is 2.47. The number of aromatic nitrogens is 2. The first-order valence-electron chi connectivity index (χ1n) is 8.86. The summed E-state index contributed by atoms with van der Waals surface area (Å²) in [6, 6.07) is 9.25. The molecule has 2 aromatic rings. The monoisotopic (exact) mass is 373 g/mol. The number of carboxylic acids is 1. The highest BCUT2D eigenvalue weighted by atomic mass is 16.5. The normalized spacial score (nSPS) is 14.5. The molecular formula is C19H23N3O5. The first-order valence-corrected chi connectivity index (χ1v) is 8.86. The van der Waals surface area contributed by atoms with E-state index in [-0.39, 0.29) is 18.9 Å². The van der Waals surface area contributed by atoms with Gasteiger partial charge in [-0.15, -0.1) is 0 Å².